The Hall–Kier alpha value is -2.45. The van der Waals surface area contributed by atoms with Gasteiger partial charge in [-0.15, -0.1) is 0 Å². The molecule has 0 fully saturated rings. The predicted molar refractivity (Wildman–Crippen MR) is 86.1 cm³/mol. The number of benzene rings is 1. The Balaban J connectivity index is 2.23. The number of ether oxygens (including phenoxy) is 1. The van der Waals surface area contributed by atoms with Crippen LogP contribution in [0.5, 0.6) is 5.88 Å². The Labute approximate surface area is 135 Å². The fourth-order valence-corrected chi connectivity index (χ4v) is 2.73. The largest absolute Gasteiger partial charge is 0.481 e. The molecule has 122 valence electrons. The lowest BCUT2D eigenvalue weighted by Gasteiger charge is -2.12. The number of anilines is 1. The zero-order valence-electron chi connectivity index (χ0n) is 13.0. The monoisotopic (exact) mass is 335 g/mol. The smallest absolute Gasteiger partial charge is 0.255 e. The minimum absolute atomic E-state index is 0.0583. The van der Waals surface area contributed by atoms with Gasteiger partial charge in [0.1, 0.15) is 0 Å². The molecule has 1 amide bonds. The first-order valence-electron chi connectivity index (χ1n) is 6.68. The van der Waals surface area contributed by atoms with Crippen molar-refractivity contribution in [1.29, 1.82) is 0 Å². The van der Waals surface area contributed by atoms with E-state index in [1.807, 2.05) is 0 Å². The molecule has 0 radical (unpaired) electrons. The number of amides is 1. The predicted octanol–water partition coefficient (Wildman–Crippen LogP) is 1.59. The summed E-state index contributed by atoms with van der Waals surface area (Å²) >= 11 is 0. The van der Waals surface area contributed by atoms with E-state index in [1.54, 1.807) is 18.2 Å². The van der Waals surface area contributed by atoms with E-state index in [-0.39, 0.29) is 10.5 Å². The molecular formula is C15H17N3O4S. The second kappa shape index (κ2) is 6.76. The highest BCUT2D eigenvalue weighted by Gasteiger charge is 2.18. The average molecular weight is 335 g/mol. The number of nitrogens with one attached hydrogen (secondary N) is 1. The molecule has 0 atom stereocenters. The highest BCUT2D eigenvalue weighted by atomic mass is 32.2. The number of rotatable bonds is 5. The van der Waals surface area contributed by atoms with Crippen molar-refractivity contribution in [2.45, 2.75) is 4.90 Å². The van der Waals surface area contributed by atoms with Crippen LogP contribution in [0.25, 0.3) is 0 Å². The molecule has 1 aromatic carbocycles. The zero-order valence-corrected chi connectivity index (χ0v) is 13.8. The van der Waals surface area contributed by atoms with Crippen LogP contribution in [0.2, 0.25) is 0 Å². The summed E-state index contributed by atoms with van der Waals surface area (Å²) in [6, 6.07) is 9.11. The molecule has 0 saturated heterocycles. The van der Waals surface area contributed by atoms with E-state index in [2.05, 4.69) is 10.3 Å². The maximum absolute atomic E-state index is 12.2. The van der Waals surface area contributed by atoms with Gasteiger partial charge in [0.25, 0.3) is 5.91 Å². The van der Waals surface area contributed by atoms with Crippen molar-refractivity contribution >= 4 is 21.6 Å². The third kappa shape index (κ3) is 3.85. The second-order valence-electron chi connectivity index (χ2n) is 4.86. The van der Waals surface area contributed by atoms with Crippen molar-refractivity contribution in [2.24, 2.45) is 0 Å². The van der Waals surface area contributed by atoms with Crippen molar-refractivity contribution in [1.82, 2.24) is 9.29 Å². The van der Waals surface area contributed by atoms with Crippen molar-refractivity contribution in [3.05, 3.63) is 48.2 Å². The van der Waals surface area contributed by atoms with Gasteiger partial charge in [0, 0.05) is 25.7 Å². The van der Waals surface area contributed by atoms with Gasteiger partial charge < -0.3 is 10.1 Å². The minimum atomic E-state index is -3.59. The van der Waals surface area contributed by atoms with Crippen LogP contribution in [-0.2, 0) is 10.0 Å². The third-order valence-electron chi connectivity index (χ3n) is 3.08. The van der Waals surface area contributed by atoms with E-state index in [0.29, 0.717) is 11.6 Å². The number of methoxy groups -OCH3 is 1. The van der Waals surface area contributed by atoms with Gasteiger partial charge in [-0.05, 0) is 24.3 Å². The molecule has 7 nitrogen and oxygen atoms in total. The summed E-state index contributed by atoms with van der Waals surface area (Å²) in [4.78, 5) is 16.3. The highest BCUT2D eigenvalue weighted by molar-refractivity contribution is 7.89. The Bertz CT molecular complexity index is 802. The molecule has 0 aliphatic carbocycles. The maximum atomic E-state index is 12.2. The van der Waals surface area contributed by atoms with Crippen LogP contribution in [0.15, 0.2) is 47.5 Å². The lowest BCUT2D eigenvalue weighted by atomic mass is 10.2. The average Bonchev–Trinajstić information content (AvgIpc) is 2.55. The zero-order chi connectivity index (χ0) is 17.0. The number of pyridine rings is 1. The van der Waals surface area contributed by atoms with Crippen LogP contribution in [0.3, 0.4) is 0 Å². The van der Waals surface area contributed by atoms with Gasteiger partial charge >= 0.3 is 0 Å². The van der Waals surface area contributed by atoms with Gasteiger partial charge in [-0.3, -0.25) is 4.79 Å². The standard InChI is InChI=1S/C15H17N3O4S/c1-18(2)23(20,21)13-6-4-5-11(9-13)15(19)17-12-7-8-14(22-3)16-10-12/h4-10H,1-3H3,(H,17,19). The molecule has 1 heterocycles. The van der Waals surface area contributed by atoms with Gasteiger partial charge in [-0.2, -0.15) is 0 Å². The lowest BCUT2D eigenvalue weighted by Crippen LogP contribution is -2.22. The van der Waals surface area contributed by atoms with Gasteiger partial charge in [0.15, 0.2) is 0 Å². The van der Waals surface area contributed by atoms with Crippen LogP contribution in [-0.4, -0.2) is 44.8 Å². The van der Waals surface area contributed by atoms with Crippen LogP contribution in [0.4, 0.5) is 5.69 Å². The number of carbonyl (C=O) groups is 1. The first kappa shape index (κ1) is 16.9. The Morgan fingerprint density at radius 3 is 2.52 bits per heavy atom. The van der Waals surface area contributed by atoms with E-state index < -0.39 is 15.9 Å². The Morgan fingerprint density at radius 1 is 1.22 bits per heavy atom. The van der Waals surface area contributed by atoms with E-state index in [4.69, 9.17) is 4.74 Å². The highest BCUT2D eigenvalue weighted by Crippen LogP contribution is 2.17. The fraction of sp³-hybridized carbons (Fsp3) is 0.200. The van der Waals surface area contributed by atoms with E-state index in [0.717, 1.165) is 4.31 Å². The molecule has 2 rings (SSSR count). The van der Waals surface area contributed by atoms with Gasteiger partial charge in [-0.25, -0.2) is 17.7 Å². The molecule has 1 aromatic heterocycles. The summed E-state index contributed by atoms with van der Waals surface area (Å²) in [5, 5.41) is 2.65. The number of carbonyl (C=O) groups excluding carboxylic acids is 1. The summed E-state index contributed by atoms with van der Waals surface area (Å²) < 4.78 is 30.2. The third-order valence-corrected chi connectivity index (χ3v) is 4.89. The van der Waals surface area contributed by atoms with Crippen LogP contribution < -0.4 is 10.1 Å². The first-order chi connectivity index (χ1) is 10.8. The summed E-state index contributed by atoms with van der Waals surface area (Å²) in [7, 11) is 0.778. The molecular weight excluding hydrogens is 318 g/mol. The molecule has 8 heteroatoms. The molecule has 1 N–H and O–H groups in total. The topological polar surface area (TPSA) is 88.6 Å². The molecule has 0 unspecified atom stereocenters. The minimum Gasteiger partial charge on any atom is -0.481 e. The number of hydrogen-bond donors (Lipinski definition) is 1. The second-order valence-corrected chi connectivity index (χ2v) is 7.01. The molecule has 0 aliphatic rings. The maximum Gasteiger partial charge on any atom is 0.255 e. The number of nitrogens with zero attached hydrogens (tertiary/aromatic N) is 2. The molecule has 23 heavy (non-hydrogen) atoms. The SMILES string of the molecule is COc1ccc(NC(=O)c2cccc(S(=O)(=O)N(C)C)c2)cn1. The molecule has 0 spiro atoms. The molecule has 2 aromatic rings. The number of aromatic nitrogens is 1. The Kier molecular flexibility index (Phi) is 4.97. The Morgan fingerprint density at radius 2 is 1.96 bits per heavy atom. The van der Waals surface area contributed by atoms with Crippen molar-refractivity contribution in [2.75, 3.05) is 26.5 Å². The van der Waals surface area contributed by atoms with E-state index in [9.17, 15) is 13.2 Å². The summed E-state index contributed by atoms with van der Waals surface area (Å²) in [5.74, 6) is 0.00912. The summed E-state index contributed by atoms with van der Waals surface area (Å²) in [6.45, 7) is 0. The van der Waals surface area contributed by atoms with Crippen LogP contribution in [0, 0.1) is 0 Å². The normalized spacial score (nSPS) is 11.3. The van der Waals surface area contributed by atoms with Gasteiger partial charge in [-0.1, -0.05) is 6.07 Å². The van der Waals surface area contributed by atoms with Gasteiger partial charge in [0.2, 0.25) is 15.9 Å². The fourth-order valence-electron chi connectivity index (χ4n) is 1.79. The molecule has 0 aliphatic heterocycles. The number of hydrogen-bond acceptors (Lipinski definition) is 5. The van der Waals surface area contributed by atoms with Crippen LogP contribution in [0.1, 0.15) is 10.4 Å². The van der Waals surface area contributed by atoms with Crippen molar-refractivity contribution < 1.29 is 17.9 Å². The van der Waals surface area contributed by atoms with Crippen LogP contribution >= 0.6 is 0 Å². The summed E-state index contributed by atoms with van der Waals surface area (Å²) in [5.41, 5.74) is 0.723. The van der Waals surface area contributed by atoms with E-state index >= 15 is 0 Å². The van der Waals surface area contributed by atoms with Crippen molar-refractivity contribution in [3.8, 4) is 5.88 Å². The summed E-state index contributed by atoms with van der Waals surface area (Å²) in [6.07, 6.45) is 1.46. The quantitative estimate of drug-likeness (QED) is 0.896. The first-order valence-corrected chi connectivity index (χ1v) is 8.12. The molecule has 0 saturated carbocycles. The molecule has 0 bridgehead atoms. The van der Waals surface area contributed by atoms with E-state index in [1.165, 1.54) is 45.6 Å². The number of sulfonamides is 1. The van der Waals surface area contributed by atoms with Crippen molar-refractivity contribution in [3.63, 3.8) is 0 Å². The van der Waals surface area contributed by atoms with Gasteiger partial charge in [0.05, 0.1) is 23.9 Å². The lowest BCUT2D eigenvalue weighted by molar-refractivity contribution is 0.102.